The van der Waals surface area contributed by atoms with Gasteiger partial charge >= 0.3 is 0 Å². The van der Waals surface area contributed by atoms with Gasteiger partial charge < -0.3 is 10.2 Å². The van der Waals surface area contributed by atoms with Gasteiger partial charge in [0.1, 0.15) is 10.7 Å². The van der Waals surface area contributed by atoms with E-state index >= 15 is 0 Å². The van der Waals surface area contributed by atoms with Crippen molar-refractivity contribution in [3.8, 4) is 0 Å². The maximum absolute atomic E-state index is 12.1. The van der Waals surface area contributed by atoms with Crippen molar-refractivity contribution >= 4 is 21.7 Å². The standard InChI is InChI=1S/C15H22N4O3S/c1-16-23(21,22)13-4-5-14(17-10-13)19-8-6-11(7-9-19)15(20)18-12-2-3-12/h4-5,10-12,16H,2-3,6-9H2,1H3,(H,18,20). The van der Waals surface area contributed by atoms with Gasteiger partial charge in [0.15, 0.2) is 0 Å². The molecule has 2 aliphatic rings. The molecule has 0 radical (unpaired) electrons. The molecule has 0 spiro atoms. The quantitative estimate of drug-likeness (QED) is 0.815. The van der Waals surface area contributed by atoms with Gasteiger partial charge in [-0.05, 0) is 44.9 Å². The first-order valence-corrected chi connectivity index (χ1v) is 9.43. The Balaban J connectivity index is 1.58. The van der Waals surface area contributed by atoms with Crippen molar-refractivity contribution in [2.24, 2.45) is 5.92 Å². The highest BCUT2D eigenvalue weighted by molar-refractivity contribution is 7.89. The summed E-state index contributed by atoms with van der Waals surface area (Å²) in [6, 6.07) is 3.68. The highest BCUT2D eigenvalue weighted by Gasteiger charge is 2.30. The molecule has 23 heavy (non-hydrogen) atoms. The van der Waals surface area contributed by atoms with Crippen LogP contribution in [0.25, 0.3) is 0 Å². The van der Waals surface area contributed by atoms with Gasteiger partial charge in [0.25, 0.3) is 0 Å². The number of nitrogens with zero attached hydrogens (tertiary/aromatic N) is 2. The number of hydrogen-bond acceptors (Lipinski definition) is 5. The molecule has 126 valence electrons. The van der Waals surface area contributed by atoms with Crippen LogP contribution in [0.5, 0.6) is 0 Å². The largest absolute Gasteiger partial charge is 0.357 e. The van der Waals surface area contributed by atoms with E-state index in [1.807, 2.05) is 0 Å². The lowest BCUT2D eigenvalue weighted by atomic mass is 9.96. The van der Waals surface area contributed by atoms with E-state index in [9.17, 15) is 13.2 Å². The monoisotopic (exact) mass is 338 g/mol. The van der Waals surface area contributed by atoms with Crippen LogP contribution < -0.4 is 14.9 Å². The average molecular weight is 338 g/mol. The van der Waals surface area contributed by atoms with E-state index in [1.54, 1.807) is 12.1 Å². The smallest absolute Gasteiger partial charge is 0.241 e. The number of carbonyl (C=O) groups is 1. The normalized spacial score (nSPS) is 19.6. The number of nitrogens with one attached hydrogen (secondary N) is 2. The predicted molar refractivity (Wildman–Crippen MR) is 86.6 cm³/mol. The second-order valence-corrected chi connectivity index (χ2v) is 7.99. The van der Waals surface area contributed by atoms with Crippen LogP contribution in [0.1, 0.15) is 25.7 Å². The summed E-state index contributed by atoms with van der Waals surface area (Å²) in [5.41, 5.74) is 0. The summed E-state index contributed by atoms with van der Waals surface area (Å²) < 4.78 is 25.7. The molecule has 1 aromatic rings. The fourth-order valence-electron chi connectivity index (χ4n) is 2.75. The zero-order chi connectivity index (χ0) is 16.4. The predicted octanol–water partition coefficient (Wildman–Crippen LogP) is 0.485. The van der Waals surface area contributed by atoms with Gasteiger partial charge in [0.2, 0.25) is 15.9 Å². The Bertz CT molecular complexity index is 662. The molecule has 0 bridgehead atoms. The van der Waals surface area contributed by atoms with Crippen LogP contribution >= 0.6 is 0 Å². The topological polar surface area (TPSA) is 91.4 Å². The van der Waals surface area contributed by atoms with Gasteiger partial charge in [-0.1, -0.05) is 0 Å². The summed E-state index contributed by atoms with van der Waals surface area (Å²) in [4.78, 5) is 18.6. The van der Waals surface area contributed by atoms with E-state index < -0.39 is 10.0 Å². The van der Waals surface area contributed by atoms with Gasteiger partial charge in [0.05, 0.1) is 0 Å². The summed E-state index contributed by atoms with van der Waals surface area (Å²) in [6.07, 6.45) is 5.19. The molecule has 8 heteroatoms. The number of amides is 1. The molecule has 1 aliphatic carbocycles. The number of aromatic nitrogens is 1. The van der Waals surface area contributed by atoms with Crippen molar-refractivity contribution in [3.63, 3.8) is 0 Å². The van der Waals surface area contributed by atoms with Gasteiger partial charge in [-0.15, -0.1) is 0 Å². The summed E-state index contributed by atoms with van der Waals surface area (Å²) in [5.74, 6) is 1.01. The SMILES string of the molecule is CNS(=O)(=O)c1ccc(N2CCC(C(=O)NC3CC3)CC2)nc1. The van der Waals surface area contributed by atoms with Crippen molar-refractivity contribution in [3.05, 3.63) is 18.3 Å². The fourth-order valence-corrected chi connectivity index (χ4v) is 3.43. The van der Waals surface area contributed by atoms with E-state index in [-0.39, 0.29) is 16.7 Å². The van der Waals surface area contributed by atoms with Gasteiger partial charge in [0, 0.05) is 31.2 Å². The first-order chi connectivity index (χ1) is 11.0. The average Bonchev–Trinajstić information content (AvgIpc) is 3.39. The minimum absolute atomic E-state index is 0.0794. The number of hydrogen-bond donors (Lipinski definition) is 2. The number of anilines is 1. The Morgan fingerprint density at radius 3 is 2.43 bits per heavy atom. The van der Waals surface area contributed by atoms with E-state index in [0.29, 0.717) is 6.04 Å². The lowest BCUT2D eigenvalue weighted by molar-refractivity contribution is -0.125. The third kappa shape index (κ3) is 3.81. The number of piperidine rings is 1. The fraction of sp³-hybridized carbons (Fsp3) is 0.600. The van der Waals surface area contributed by atoms with Gasteiger partial charge in [-0.25, -0.2) is 18.1 Å². The molecular formula is C15H22N4O3S. The molecule has 1 saturated heterocycles. The van der Waals surface area contributed by atoms with Crippen molar-refractivity contribution in [1.29, 1.82) is 0 Å². The summed E-state index contributed by atoms with van der Waals surface area (Å²) >= 11 is 0. The summed E-state index contributed by atoms with van der Waals surface area (Å²) in [7, 11) is -2.08. The van der Waals surface area contributed by atoms with Gasteiger partial charge in [-0.2, -0.15) is 0 Å². The first kappa shape index (κ1) is 16.2. The number of sulfonamides is 1. The van der Waals surface area contributed by atoms with Crippen LogP contribution in [0.15, 0.2) is 23.2 Å². The Morgan fingerprint density at radius 1 is 1.22 bits per heavy atom. The molecule has 1 aromatic heterocycles. The Kier molecular flexibility index (Phi) is 4.54. The number of pyridine rings is 1. The van der Waals surface area contributed by atoms with Crippen LogP contribution in [-0.2, 0) is 14.8 Å². The zero-order valence-corrected chi connectivity index (χ0v) is 14.0. The molecule has 1 amide bonds. The molecule has 2 fully saturated rings. The molecular weight excluding hydrogens is 316 g/mol. The van der Waals surface area contributed by atoms with E-state index in [1.165, 1.54) is 13.2 Å². The minimum Gasteiger partial charge on any atom is -0.357 e. The second-order valence-electron chi connectivity index (χ2n) is 6.10. The van der Waals surface area contributed by atoms with Crippen molar-refractivity contribution in [2.75, 3.05) is 25.0 Å². The van der Waals surface area contributed by atoms with Crippen LogP contribution in [0.2, 0.25) is 0 Å². The zero-order valence-electron chi connectivity index (χ0n) is 13.2. The lowest BCUT2D eigenvalue weighted by Gasteiger charge is -2.32. The van der Waals surface area contributed by atoms with Crippen LogP contribution in [0.3, 0.4) is 0 Å². The van der Waals surface area contributed by atoms with Crippen molar-refractivity contribution < 1.29 is 13.2 Å². The summed E-state index contributed by atoms with van der Waals surface area (Å²) in [6.45, 7) is 1.52. The molecule has 0 aromatic carbocycles. The van der Waals surface area contributed by atoms with Crippen molar-refractivity contribution in [2.45, 2.75) is 36.6 Å². The second kappa shape index (κ2) is 6.45. The molecule has 3 rings (SSSR count). The molecule has 1 aliphatic heterocycles. The Hall–Kier alpha value is -1.67. The maximum Gasteiger partial charge on any atom is 0.241 e. The van der Waals surface area contributed by atoms with Crippen molar-refractivity contribution in [1.82, 2.24) is 15.0 Å². The third-order valence-corrected chi connectivity index (χ3v) is 5.81. The molecule has 0 atom stereocenters. The maximum atomic E-state index is 12.1. The first-order valence-electron chi connectivity index (χ1n) is 7.94. The molecule has 1 saturated carbocycles. The number of carbonyl (C=O) groups excluding carboxylic acids is 1. The highest BCUT2D eigenvalue weighted by Crippen LogP contribution is 2.25. The molecule has 2 heterocycles. The van der Waals surface area contributed by atoms with Crippen LogP contribution in [-0.4, -0.2) is 45.5 Å². The van der Waals surface area contributed by atoms with Crippen LogP contribution in [0, 0.1) is 5.92 Å². The minimum atomic E-state index is -3.46. The molecule has 7 nitrogen and oxygen atoms in total. The molecule has 0 unspecified atom stereocenters. The lowest BCUT2D eigenvalue weighted by Crippen LogP contribution is -2.41. The third-order valence-electron chi connectivity index (χ3n) is 4.41. The highest BCUT2D eigenvalue weighted by atomic mass is 32.2. The Morgan fingerprint density at radius 2 is 1.91 bits per heavy atom. The van der Waals surface area contributed by atoms with Gasteiger partial charge in [-0.3, -0.25) is 4.79 Å². The molecule has 2 N–H and O–H groups in total. The number of rotatable bonds is 5. The van der Waals surface area contributed by atoms with E-state index in [0.717, 1.165) is 44.6 Å². The Labute approximate surface area is 136 Å². The van der Waals surface area contributed by atoms with Crippen LogP contribution in [0.4, 0.5) is 5.82 Å². The van der Waals surface area contributed by atoms with E-state index in [4.69, 9.17) is 0 Å². The van der Waals surface area contributed by atoms with E-state index in [2.05, 4.69) is 19.9 Å². The summed E-state index contributed by atoms with van der Waals surface area (Å²) in [5, 5.41) is 3.06.